The second-order valence-electron chi connectivity index (χ2n) is 9.28. The highest BCUT2D eigenvalue weighted by Gasteiger charge is 2.31. The number of hydrogen-bond donors (Lipinski definition) is 2. The maximum absolute atomic E-state index is 13.3. The van der Waals surface area contributed by atoms with Gasteiger partial charge in [-0.15, -0.1) is 11.3 Å². The molecule has 3 aromatic rings. The van der Waals surface area contributed by atoms with Gasteiger partial charge in [0.1, 0.15) is 33.7 Å². The maximum Gasteiger partial charge on any atom is 0.265 e. The van der Waals surface area contributed by atoms with Gasteiger partial charge in [-0.05, 0) is 73.8 Å². The first kappa shape index (κ1) is 23.4. The summed E-state index contributed by atoms with van der Waals surface area (Å²) in [6.07, 6.45) is 5.75. The van der Waals surface area contributed by atoms with Gasteiger partial charge < -0.3 is 25.6 Å². The lowest BCUT2D eigenvalue weighted by Gasteiger charge is -2.34. The molecular formula is C23H30BrN7O2S. The Kier molecular flexibility index (Phi) is 6.67. The number of carbonyl (C=O) groups is 1. The number of rotatable bonds is 8. The molecule has 2 fully saturated rings. The van der Waals surface area contributed by atoms with Gasteiger partial charge in [-0.3, -0.25) is 4.79 Å². The molecule has 1 amide bonds. The lowest BCUT2D eigenvalue weighted by atomic mass is 10.0. The number of likely N-dealkylation sites (N-methyl/N-ethyl adjacent to an activating group) is 1. The number of piperidine rings is 1. The van der Waals surface area contributed by atoms with Crippen molar-refractivity contribution in [1.29, 1.82) is 0 Å². The molecule has 3 N–H and O–H groups in total. The van der Waals surface area contributed by atoms with E-state index in [9.17, 15) is 4.79 Å². The van der Waals surface area contributed by atoms with Gasteiger partial charge in [-0.2, -0.15) is 5.10 Å². The molecule has 0 radical (unpaired) electrons. The van der Waals surface area contributed by atoms with Crippen molar-refractivity contribution in [2.45, 2.75) is 37.6 Å². The Morgan fingerprint density at radius 3 is 2.94 bits per heavy atom. The van der Waals surface area contributed by atoms with Crippen LogP contribution in [0, 0.1) is 0 Å². The van der Waals surface area contributed by atoms with Crippen LogP contribution in [0.25, 0.3) is 5.52 Å². The molecule has 0 unspecified atom stereocenters. The third-order valence-electron chi connectivity index (χ3n) is 6.32. The molecule has 1 aliphatic carbocycles. The summed E-state index contributed by atoms with van der Waals surface area (Å²) >= 11 is 5.15. The van der Waals surface area contributed by atoms with E-state index >= 15 is 0 Å². The van der Waals surface area contributed by atoms with E-state index in [1.165, 1.54) is 24.0 Å². The zero-order valence-corrected chi connectivity index (χ0v) is 21.9. The first-order valence-electron chi connectivity index (χ1n) is 11.7. The van der Waals surface area contributed by atoms with Crippen molar-refractivity contribution in [3.05, 3.63) is 32.8 Å². The molecule has 1 saturated heterocycles. The van der Waals surface area contributed by atoms with Crippen LogP contribution in [-0.4, -0.2) is 71.8 Å². The molecule has 1 saturated carbocycles. The third-order valence-corrected chi connectivity index (χ3v) is 8.16. The van der Waals surface area contributed by atoms with Crippen molar-refractivity contribution < 1.29 is 9.53 Å². The number of ether oxygens (including phenoxy) is 1. The Labute approximate surface area is 211 Å². The molecule has 3 aromatic heterocycles. The van der Waals surface area contributed by atoms with E-state index in [-0.39, 0.29) is 11.9 Å². The molecule has 1 atom stereocenters. The average molecular weight is 549 g/mol. The predicted molar refractivity (Wildman–Crippen MR) is 138 cm³/mol. The van der Waals surface area contributed by atoms with Crippen LogP contribution in [-0.2, 0) is 0 Å². The molecule has 0 spiro atoms. The molecule has 5 rings (SSSR count). The number of nitrogens with one attached hydrogen (secondary N) is 1. The highest BCUT2D eigenvalue weighted by molar-refractivity contribution is 9.10. The third kappa shape index (κ3) is 4.87. The normalized spacial score (nSPS) is 18.6. The summed E-state index contributed by atoms with van der Waals surface area (Å²) in [4.78, 5) is 23.8. The van der Waals surface area contributed by atoms with E-state index in [1.807, 2.05) is 20.2 Å². The first-order chi connectivity index (χ1) is 16.4. The fourth-order valence-electron chi connectivity index (χ4n) is 4.38. The Morgan fingerprint density at radius 1 is 1.35 bits per heavy atom. The average Bonchev–Trinajstić information content (AvgIpc) is 3.48. The van der Waals surface area contributed by atoms with Gasteiger partial charge in [0.25, 0.3) is 5.91 Å². The van der Waals surface area contributed by atoms with Crippen LogP contribution in [0.15, 0.2) is 23.1 Å². The summed E-state index contributed by atoms with van der Waals surface area (Å²) in [6, 6.07) is 4.12. The number of hydrogen-bond acceptors (Lipinski definition) is 8. The Morgan fingerprint density at radius 2 is 2.18 bits per heavy atom. The SMILES string of the molecule is CN(C)CCOc1cc(C2CC2)sc1C(=O)N[C@@H]1CCCN(c2cc(Br)n3ncnc(N)c23)C1. The molecule has 2 aliphatic rings. The number of aromatic nitrogens is 3. The number of carbonyl (C=O) groups excluding carboxylic acids is 1. The van der Waals surface area contributed by atoms with Crippen molar-refractivity contribution in [2.75, 3.05) is 51.0 Å². The van der Waals surface area contributed by atoms with E-state index in [4.69, 9.17) is 10.5 Å². The second-order valence-corrected chi connectivity index (χ2v) is 11.2. The highest BCUT2D eigenvalue weighted by Crippen LogP contribution is 2.46. The van der Waals surface area contributed by atoms with Crippen LogP contribution >= 0.6 is 27.3 Å². The van der Waals surface area contributed by atoms with Gasteiger partial charge in [0.15, 0.2) is 5.82 Å². The molecule has 11 heteroatoms. The van der Waals surface area contributed by atoms with Crippen LogP contribution in [0.3, 0.4) is 0 Å². The Bertz CT molecular complexity index is 1190. The fourth-order valence-corrected chi connectivity index (χ4v) is 6.04. The highest BCUT2D eigenvalue weighted by atomic mass is 79.9. The van der Waals surface area contributed by atoms with E-state index in [1.54, 1.807) is 15.9 Å². The summed E-state index contributed by atoms with van der Waals surface area (Å²) in [5.74, 6) is 1.69. The molecule has 34 heavy (non-hydrogen) atoms. The molecule has 9 nitrogen and oxygen atoms in total. The summed E-state index contributed by atoms with van der Waals surface area (Å²) < 4.78 is 8.61. The number of nitrogens with two attached hydrogens (primary N) is 1. The fraction of sp³-hybridized carbons (Fsp3) is 0.522. The monoisotopic (exact) mass is 547 g/mol. The second kappa shape index (κ2) is 9.71. The van der Waals surface area contributed by atoms with Gasteiger partial charge in [0.05, 0.1) is 5.69 Å². The van der Waals surface area contributed by atoms with Crippen molar-refractivity contribution in [2.24, 2.45) is 0 Å². The molecule has 4 heterocycles. The maximum atomic E-state index is 13.3. The molecule has 1 aliphatic heterocycles. The van der Waals surface area contributed by atoms with Crippen molar-refractivity contribution >= 4 is 50.2 Å². The summed E-state index contributed by atoms with van der Waals surface area (Å²) in [7, 11) is 4.03. The van der Waals surface area contributed by atoms with Crippen LogP contribution < -0.4 is 20.7 Å². The van der Waals surface area contributed by atoms with Gasteiger partial charge in [0.2, 0.25) is 0 Å². The van der Waals surface area contributed by atoms with Gasteiger partial charge in [0, 0.05) is 30.6 Å². The van der Waals surface area contributed by atoms with Crippen LogP contribution in [0.1, 0.15) is 46.2 Å². The van der Waals surface area contributed by atoms with Gasteiger partial charge in [-0.1, -0.05) is 0 Å². The van der Waals surface area contributed by atoms with Crippen molar-refractivity contribution in [1.82, 2.24) is 24.8 Å². The minimum absolute atomic E-state index is 0.0296. The van der Waals surface area contributed by atoms with E-state index in [0.29, 0.717) is 35.5 Å². The molecule has 182 valence electrons. The van der Waals surface area contributed by atoms with Crippen molar-refractivity contribution in [3.8, 4) is 5.75 Å². The van der Waals surface area contributed by atoms with Crippen LogP contribution in [0.5, 0.6) is 5.75 Å². The molecule has 0 aromatic carbocycles. The van der Waals surface area contributed by atoms with Crippen LogP contribution in [0.4, 0.5) is 11.5 Å². The van der Waals surface area contributed by atoms with E-state index in [2.05, 4.69) is 47.2 Å². The zero-order valence-electron chi connectivity index (χ0n) is 19.5. The number of thiophene rings is 1. The van der Waals surface area contributed by atoms with E-state index in [0.717, 1.165) is 41.7 Å². The molecule has 0 bridgehead atoms. The Hall–Kier alpha value is -2.37. The number of fused-ring (bicyclic) bond motifs is 1. The topological polar surface area (TPSA) is 101 Å². The standard InChI is InChI=1S/C23H30BrN7O2S/c1-29(2)8-9-33-17-11-18(14-5-6-14)34-21(17)23(32)28-15-4-3-7-30(12-15)16-10-19(24)31-20(16)22(25)26-13-27-31/h10-11,13-15H,3-9,12H2,1-2H3,(H,28,32)(H2,25,26,27)/t15-/m1/s1. The van der Waals surface area contributed by atoms with Gasteiger partial charge >= 0.3 is 0 Å². The van der Waals surface area contributed by atoms with Crippen LogP contribution in [0.2, 0.25) is 0 Å². The lowest BCUT2D eigenvalue weighted by molar-refractivity contribution is 0.0933. The minimum atomic E-state index is -0.0469. The number of nitrogens with zero attached hydrogens (tertiary/aromatic N) is 5. The quantitative estimate of drug-likeness (QED) is 0.445. The summed E-state index contributed by atoms with van der Waals surface area (Å²) in [5.41, 5.74) is 7.93. The zero-order chi connectivity index (χ0) is 23.8. The number of amides is 1. The Balaban J connectivity index is 1.31. The van der Waals surface area contributed by atoms with Crippen molar-refractivity contribution in [3.63, 3.8) is 0 Å². The molecular weight excluding hydrogens is 518 g/mol. The summed E-state index contributed by atoms with van der Waals surface area (Å²) in [6.45, 7) is 2.95. The smallest absolute Gasteiger partial charge is 0.265 e. The number of halogens is 1. The number of nitrogen functional groups attached to an aromatic ring is 1. The van der Waals surface area contributed by atoms with E-state index < -0.39 is 0 Å². The first-order valence-corrected chi connectivity index (χ1v) is 13.3. The predicted octanol–water partition coefficient (Wildman–Crippen LogP) is 3.35. The van der Waals surface area contributed by atoms with Gasteiger partial charge in [-0.25, -0.2) is 9.50 Å². The minimum Gasteiger partial charge on any atom is -0.491 e. The lowest BCUT2D eigenvalue weighted by Crippen LogP contribution is -2.47. The summed E-state index contributed by atoms with van der Waals surface area (Å²) in [5, 5.41) is 7.57. The number of anilines is 2. The largest absolute Gasteiger partial charge is 0.491 e.